The van der Waals surface area contributed by atoms with E-state index in [9.17, 15) is 8.42 Å². The van der Waals surface area contributed by atoms with Gasteiger partial charge in [-0.3, -0.25) is 4.98 Å². The maximum absolute atomic E-state index is 12.4. The lowest BCUT2D eigenvalue weighted by molar-refractivity contribution is 0.595. The van der Waals surface area contributed by atoms with Crippen LogP contribution in [0.5, 0.6) is 0 Å². The highest BCUT2D eigenvalue weighted by atomic mass is 79.9. The highest BCUT2D eigenvalue weighted by Crippen LogP contribution is 2.33. The summed E-state index contributed by atoms with van der Waals surface area (Å²) in [5, 5.41) is 10.8. The molecule has 0 saturated carbocycles. The van der Waals surface area contributed by atoms with Crippen molar-refractivity contribution >= 4 is 59.9 Å². The Morgan fingerprint density at radius 3 is 2.83 bits per heavy atom. The van der Waals surface area contributed by atoms with Gasteiger partial charge in [-0.2, -0.15) is 4.98 Å². The van der Waals surface area contributed by atoms with Gasteiger partial charge in [0.1, 0.15) is 5.82 Å². The van der Waals surface area contributed by atoms with Gasteiger partial charge in [0.15, 0.2) is 0 Å². The molecular formula is C25H26BrN7O2S. The van der Waals surface area contributed by atoms with Crippen molar-refractivity contribution in [3.05, 3.63) is 76.8 Å². The number of fused-ring (bicyclic) bond motifs is 1. The molecule has 1 aromatic carbocycles. The maximum atomic E-state index is 12.4. The number of nitrogens with one attached hydrogen (secondary N) is 3. The lowest BCUT2D eigenvalue weighted by Gasteiger charge is -2.13. The molecule has 5 rings (SSSR count). The molecular weight excluding hydrogens is 542 g/mol. The van der Waals surface area contributed by atoms with E-state index in [-0.39, 0.29) is 0 Å². The summed E-state index contributed by atoms with van der Waals surface area (Å²) < 4.78 is 27.0. The first-order chi connectivity index (χ1) is 17.4. The Morgan fingerprint density at radius 2 is 2.08 bits per heavy atom. The van der Waals surface area contributed by atoms with Crippen LogP contribution in [0.25, 0.3) is 16.5 Å². The first kappa shape index (κ1) is 24.4. The fourth-order valence-corrected chi connectivity index (χ4v) is 5.36. The minimum atomic E-state index is -3.45. The molecule has 0 aliphatic carbocycles. The number of nitrogens with zero attached hydrogens (tertiary/aromatic N) is 4. The van der Waals surface area contributed by atoms with E-state index in [2.05, 4.69) is 52.9 Å². The Kier molecular flexibility index (Phi) is 7.04. The molecule has 11 heteroatoms. The first-order valence-electron chi connectivity index (χ1n) is 11.6. The van der Waals surface area contributed by atoms with Gasteiger partial charge in [0.25, 0.3) is 0 Å². The van der Waals surface area contributed by atoms with Crippen molar-refractivity contribution in [2.75, 3.05) is 36.5 Å². The van der Waals surface area contributed by atoms with E-state index in [0.717, 1.165) is 58.3 Å². The normalized spacial score (nSPS) is 14.0. The second kappa shape index (κ2) is 10.4. The van der Waals surface area contributed by atoms with E-state index >= 15 is 0 Å². The Bertz CT molecular complexity index is 1540. The molecule has 36 heavy (non-hydrogen) atoms. The molecule has 0 atom stereocenters. The van der Waals surface area contributed by atoms with Crippen LogP contribution in [0.3, 0.4) is 0 Å². The number of benzene rings is 1. The minimum Gasteiger partial charge on any atom is -0.369 e. The average molecular weight is 569 g/mol. The number of hydrogen-bond acceptors (Lipinski definition) is 8. The van der Waals surface area contributed by atoms with Gasteiger partial charge in [0.2, 0.25) is 16.0 Å². The van der Waals surface area contributed by atoms with Crippen LogP contribution in [-0.2, 0) is 16.4 Å². The van der Waals surface area contributed by atoms with Crippen LogP contribution in [0.1, 0.15) is 17.7 Å². The number of halogens is 1. The summed E-state index contributed by atoms with van der Waals surface area (Å²) >= 11 is 3.51. The minimum absolute atomic E-state index is 0.433. The zero-order valence-corrected chi connectivity index (χ0v) is 22.1. The van der Waals surface area contributed by atoms with Crippen molar-refractivity contribution in [3.8, 4) is 0 Å². The molecule has 0 unspecified atom stereocenters. The summed E-state index contributed by atoms with van der Waals surface area (Å²) in [7, 11) is -3.45. The van der Waals surface area contributed by atoms with Crippen LogP contribution >= 0.6 is 15.9 Å². The maximum Gasteiger partial charge on any atom is 0.236 e. The van der Waals surface area contributed by atoms with Crippen LogP contribution in [0.15, 0.2) is 65.5 Å². The summed E-state index contributed by atoms with van der Waals surface area (Å²) in [6.45, 7) is 2.30. The highest BCUT2D eigenvalue weighted by molar-refractivity contribution is 9.10. The fourth-order valence-electron chi connectivity index (χ4n) is 4.21. The second-order valence-corrected chi connectivity index (χ2v) is 11.2. The van der Waals surface area contributed by atoms with E-state index in [4.69, 9.17) is 0 Å². The van der Waals surface area contributed by atoms with Gasteiger partial charge in [-0.15, -0.1) is 0 Å². The molecule has 3 N–H and O–H groups in total. The molecule has 0 spiro atoms. The van der Waals surface area contributed by atoms with Crippen LogP contribution < -0.4 is 16.0 Å². The van der Waals surface area contributed by atoms with Gasteiger partial charge in [0, 0.05) is 60.4 Å². The summed E-state index contributed by atoms with van der Waals surface area (Å²) in [5.74, 6) is 1.11. The highest BCUT2D eigenvalue weighted by Gasteiger charge is 2.19. The zero-order chi connectivity index (χ0) is 25.1. The van der Waals surface area contributed by atoms with Gasteiger partial charge in [-0.1, -0.05) is 12.1 Å². The third-order valence-corrected chi connectivity index (χ3v) is 7.53. The number of rotatable bonds is 8. The molecule has 1 aliphatic heterocycles. The molecule has 4 aromatic rings. The lowest BCUT2D eigenvalue weighted by atomic mass is 9.99. The molecule has 0 bridgehead atoms. The molecule has 0 radical (unpaired) electrons. The van der Waals surface area contributed by atoms with Gasteiger partial charge in [-0.05, 0) is 64.8 Å². The summed E-state index contributed by atoms with van der Waals surface area (Å²) in [6, 6.07) is 11.5. The van der Waals surface area contributed by atoms with Crippen molar-refractivity contribution in [1.82, 2.24) is 24.2 Å². The van der Waals surface area contributed by atoms with Crippen molar-refractivity contribution in [2.45, 2.75) is 12.8 Å². The molecule has 0 fully saturated rings. The third kappa shape index (κ3) is 5.43. The van der Waals surface area contributed by atoms with Crippen LogP contribution in [-0.4, -0.2) is 53.2 Å². The number of aromatic nitrogens is 4. The summed E-state index contributed by atoms with van der Waals surface area (Å²) in [4.78, 5) is 13.4. The quantitative estimate of drug-likeness (QED) is 0.290. The standard InChI is InChI=1S/C25H26BrN7O2S/c1-36(34,35)33-16-21(17-7-11-27-12-8-17)20-14-19(5-6-23(20)33)31-25-30-15-22(26)24(32-25)29-13-9-18-4-2-3-10-28-18/h2-7,10,14-16,27H,8-9,11-13H2,1H3,(H2,29,30,31,32). The zero-order valence-electron chi connectivity index (χ0n) is 19.7. The van der Waals surface area contributed by atoms with Crippen molar-refractivity contribution in [1.29, 1.82) is 0 Å². The molecule has 9 nitrogen and oxygen atoms in total. The predicted molar refractivity (Wildman–Crippen MR) is 147 cm³/mol. The average Bonchev–Trinajstić information content (AvgIpc) is 3.27. The van der Waals surface area contributed by atoms with Gasteiger partial charge in [-0.25, -0.2) is 17.4 Å². The SMILES string of the molecule is CS(=O)(=O)n1cc(C2=CCNCC2)c2cc(Nc3ncc(Br)c(NCCc4ccccn4)n3)ccc21. The predicted octanol–water partition coefficient (Wildman–Crippen LogP) is 4.17. The van der Waals surface area contributed by atoms with Gasteiger partial charge < -0.3 is 16.0 Å². The van der Waals surface area contributed by atoms with Gasteiger partial charge in [0.05, 0.1) is 16.2 Å². The van der Waals surface area contributed by atoms with E-state index < -0.39 is 10.0 Å². The molecule has 186 valence electrons. The number of anilines is 3. The topological polar surface area (TPSA) is 114 Å². The van der Waals surface area contributed by atoms with Crippen molar-refractivity contribution in [2.24, 2.45) is 0 Å². The van der Waals surface area contributed by atoms with E-state index in [1.54, 1.807) is 18.6 Å². The first-order valence-corrected chi connectivity index (χ1v) is 14.2. The lowest BCUT2D eigenvalue weighted by Crippen LogP contribution is -2.20. The number of pyridine rings is 1. The van der Waals surface area contributed by atoms with Crippen LogP contribution in [0.2, 0.25) is 0 Å². The Hall–Kier alpha value is -3.28. The van der Waals surface area contributed by atoms with Crippen LogP contribution in [0.4, 0.5) is 17.5 Å². The molecule has 4 heterocycles. The third-order valence-electron chi connectivity index (χ3n) is 5.94. The molecule has 0 amide bonds. The van der Waals surface area contributed by atoms with Crippen molar-refractivity contribution in [3.63, 3.8) is 0 Å². The monoisotopic (exact) mass is 567 g/mol. The second-order valence-electron chi connectivity index (χ2n) is 8.53. The molecule has 0 saturated heterocycles. The smallest absolute Gasteiger partial charge is 0.236 e. The van der Waals surface area contributed by atoms with Crippen molar-refractivity contribution < 1.29 is 8.42 Å². The molecule has 1 aliphatic rings. The molecule has 3 aromatic heterocycles. The summed E-state index contributed by atoms with van der Waals surface area (Å²) in [6.07, 6.45) is 10.1. The number of hydrogen-bond donors (Lipinski definition) is 3. The van der Waals surface area contributed by atoms with Gasteiger partial charge >= 0.3 is 0 Å². The largest absolute Gasteiger partial charge is 0.369 e. The Labute approximate surface area is 218 Å². The van der Waals surface area contributed by atoms with Crippen LogP contribution in [0, 0.1) is 0 Å². The Morgan fingerprint density at radius 1 is 1.19 bits per heavy atom. The van der Waals surface area contributed by atoms with E-state index in [0.29, 0.717) is 23.8 Å². The summed E-state index contributed by atoms with van der Waals surface area (Å²) in [5.41, 5.74) is 4.48. The van der Waals surface area contributed by atoms with E-state index in [1.807, 2.05) is 36.4 Å². The fraction of sp³-hybridized carbons (Fsp3) is 0.240. The Balaban J connectivity index is 1.41. The van der Waals surface area contributed by atoms with E-state index in [1.165, 1.54) is 10.2 Å².